The van der Waals surface area contributed by atoms with Gasteiger partial charge in [-0.2, -0.15) is 0 Å². The van der Waals surface area contributed by atoms with E-state index in [0.717, 1.165) is 17.0 Å². The van der Waals surface area contributed by atoms with Gasteiger partial charge in [-0.3, -0.25) is 4.79 Å². The summed E-state index contributed by atoms with van der Waals surface area (Å²) in [7, 11) is 0. The van der Waals surface area contributed by atoms with E-state index in [9.17, 15) is 4.79 Å². The standard InChI is InChI=1S/C20H19N3O3S/c1-2-23(11-14-6-4-3-5-7-14)19(24)16-12-27-20(22-16)21-15-8-9-17-18(10-15)26-13-25-17/h3-10,12H,2,11,13H2,1H3,(H,21,22). The van der Waals surface area contributed by atoms with Gasteiger partial charge in [0.15, 0.2) is 16.6 Å². The van der Waals surface area contributed by atoms with Crippen molar-refractivity contribution in [1.29, 1.82) is 0 Å². The number of fused-ring (bicyclic) bond motifs is 1. The topological polar surface area (TPSA) is 63.7 Å². The second-order valence-corrected chi connectivity index (χ2v) is 6.89. The van der Waals surface area contributed by atoms with Crippen molar-refractivity contribution >= 4 is 28.1 Å². The molecule has 0 atom stereocenters. The van der Waals surface area contributed by atoms with Crippen LogP contribution in [0.3, 0.4) is 0 Å². The van der Waals surface area contributed by atoms with Crippen molar-refractivity contribution in [3.05, 3.63) is 65.2 Å². The van der Waals surface area contributed by atoms with Crippen molar-refractivity contribution in [1.82, 2.24) is 9.88 Å². The minimum absolute atomic E-state index is 0.0728. The van der Waals surface area contributed by atoms with Gasteiger partial charge < -0.3 is 19.7 Å². The normalized spacial score (nSPS) is 12.0. The molecule has 1 amide bonds. The monoisotopic (exact) mass is 381 g/mol. The molecule has 7 heteroatoms. The lowest BCUT2D eigenvalue weighted by atomic mass is 10.2. The minimum Gasteiger partial charge on any atom is -0.454 e. The Hall–Kier alpha value is -3.06. The first-order valence-electron chi connectivity index (χ1n) is 8.68. The van der Waals surface area contributed by atoms with Gasteiger partial charge >= 0.3 is 0 Å². The molecule has 0 saturated heterocycles. The molecule has 0 radical (unpaired) electrons. The first-order valence-corrected chi connectivity index (χ1v) is 9.56. The van der Waals surface area contributed by atoms with Gasteiger partial charge in [0.25, 0.3) is 5.91 Å². The molecule has 0 saturated carbocycles. The molecule has 0 aliphatic carbocycles. The van der Waals surface area contributed by atoms with Crippen LogP contribution in [0.2, 0.25) is 0 Å². The number of aromatic nitrogens is 1. The van der Waals surface area contributed by atoms with Crippen molar-refractivity contribution in [3.8, 4) is 11.5 Å². The lowest BCUT2D eigenvalue weighted by Crippen LogP contribution is -2.30. The Morgan fingerprint density at radius 3 is 2.81 bits per heavy atom. The van der Waals surface area contributed by atoms with Crippen LogP contribution in [0.15, 0.2) is 53.9 Å². The van der Waals surface area contributed by atoms with Crippen LogP contribution in [0, 0.1) is 0 Å². The zero-order valence-electron chi connectivity index (χ0n) is 14.8. The summed E-state index contributed by atoms with van der Waals surface area (Å²) in [4.78, 5) is 19.0. The molecule has 0 spiro atoms. The fourth-order valence-electron chi connectivity index (χ4n) is 2.82. The van der Waals surface area contributed by atoms with Gasteiger partial charge in [0, 0.05) is 30.2 Å². The largest absolute Gasteiger partial charge is 0.454 e. The third-order valence-corrected chi connectivity index (χ3v) is 4.99. The van der Waals surface area contributed by atoms with Crippen molar-refractivity contribution in [2.75, 3.05) is 18.7 Å². The first kappa shape index (κ1) is 17.4. The zero-order chi connectivity index (χ0) is 18.6. The molecular formula is C20H19N3O3S. The summed E-state index contributed by atoms with van der Waals surface area (Å²) in [6.45, 7) is 3.40. The Morgan fingerprint density at radius 1 is 1.19 bits per heavy atom. The summed E-state index contributed by atoms with van der Waals surface area (Å²) in [5.41, 5.74) is 2.38. The maximum Gasteiger partial charge on any atom is 0.273 e. The Labute approximate surface area is 161 Å². The van der Waals surface area contributed by atoms with E-state index in [1.807, 2.05) is 55.5 Å². The van der Waals surface area contributed by atoms with Gasteiger partial charge in [0.1, 0.15) is 5.69 Å². The molecule has 0 bridgehead atoms. The van der Waals surface area contributed by atoms with Crippen molar-refractivity contribution in [2.45, 2.75) is 13.5 Å². The number of ether oxygens (including phenoxy) is 2. The average Bonchev–Trinajstić information content (AvgIpc) is 3.35. The second kappa shape index (κ2) is 7.67. The summed E-state index contributed by atoms with van der Waals surface area (Å²) in [6.07, 6.45) is 0. The lowest BCUT2D eigenvalue weighted by Gasteiger charge is -2.19. The fourth-order valence-corrected chi connectivity index (χ4v) is 3.52. The predicted molar refractivity (Wildman–Crippen MR) is 105 cm³/mol. The van der Waals surface area contributed by atoms with E-state index in [1.54, 1.807) is 10.3 Å². The van der Waals surface area contributed by atoms with E-state index in [4.69, 9.17) is 9.47 Å². The molecule has 0 fully saturated rings. The number of carbonyl (C=O) groups is 1. The van der Waals surface area contributed by atoms with E-state index in [-0.39, 0.29) is 12.7 Å². The number of carbonyl (C=O) groups excluding carboxylic acids is 1. The maximum absolute atomic E-state index is 12.8. The number of amides is 1. The molecule has 2 heterocycles. The van der Waals surface area contributed by atoms with Crippen LogP contribution < -0.4 is 14.8 Å². The smallest absolute Gasteiger partial charge is 0.273 e. The lowest BCUT2D eigenvalue weighted by molar-refractivity contribution is 0.0747. The number of hydrogen-bond donors (Lipinski definition) is 1. The molecule has 138 valence electrons. The summed E-state index contributed by atoms with van der Waals surface area (Å²) in [5.74, 6) is 1.36. The Bertz CT molecular complexity index is 943. The van der Waals surface area contributed by atoms with Gasteiger partial charge in [-0.25, -0.2) is 4.98 Å². The molecule has 2 aromatic carbocycles. The molecule has 1 aliphatic rings. The van der Waals surface area contributed by atoms with Crippen LogP contribution in [-0.4, -0.2) is 29.1 Å². The molecule has 1 aromatic heterocycles. The first-order chi connectivity index (χ1) is 13.2. The Morgan fingerprint density at radius 2 is 2.00 bits per heavy atom. The third-order valence-electron chi connectivity index (χ3n) is 4.23. The summed E-state index contributed by atoms with van der Waals surface area (Å²) in [5, 5.41) is 5.66. The highest BCUT2D eigenvalue weighted by Gasteiger charge is 2.18. The molecule has 3 aromatic rings. The average molecular weight is 381 g/mol. The van der Waals surface area contributed by atoms with E-state index < -0.39 is 0 Å². The highest BCUT2D eigenvalue weighted by molar-refractivity contribution is 7.14. The van der Waals surface area contributed by atoms with Crippen molar-refractivity contribution < 1.29 is 14.3 Å². The molecule has 4 rings (SSSR count). The predicted octanol–water partition coefficient (Wildman–Crippen LogP) is 4.28. The molecule has 0 unspecified atom stereocenters. The Kier molecular flexibility index (Phi) is 4.93. The summed E-state index contributed by atoms with van der Waals surface area (Å²) in [6, 6.07) is 15.6. The van der Waals surface area contributed by atoms with Gasteiger partial charge in [-0.05, 0) is 24.6 Å². The summed E-state index contributed by atoms with van der Waals surface area (Å²) >= 11 is 1.40. The number of anilines is 2. The SMILES string of the molecule is CCN(Cc1ccccc1)C(=O)c1csc(Nc2ccc3c(c2)OCO3)n1. The third kappa shape index (κ3) is 3.88. The molecular weight excluding hydrogens is 362 g/mol. The second-order valence-electron chi connectivity index (χ2n) is 6.04. The molecule has 6 nitrogen and oxygen atoms in total. The number of benzene rings is 2. The van der Waals surface area contributed by atoms with E-state index >= 15 is 0 Å². The van der Waals surface area contributed by atoms with Crippen LogP contribution in [0.4, 0.5) is 10.8 Å². The maximum atomic E-state index is 12.8. The van der Waals surface area contributed by atoms with Gasteiger partial charge in [-0.1, -0.05) is 30.3 Å². The molecule has 1 aliphatic heterocycles. The van der Waals surface area contributed by atoms with Crippen LogP contribution in [0.5, 0.6) is 11.5 Å². The Balaban J connectivity index is 1.45. The van der Waals surface area contributed by atoms with Crippen LogP contribution in [0.25, 0.3) is 0 Å². The fraction of sp³-hybridized carbons (Fsp3) is 0.200. The zero-order valence-corrected chi connectivity index (χ0v) is 15.7. The minimum atomic E-state index is -0.0728. The number of nitrogens with zero attached hydrogens (tertiary/aromatic N) is 2. The molecule has 1 N–H and O–H groups in total. The number of rotatable bonds is 6. The van der Waals surface area contributed by atoms with E-state index in [2.05, 4.69) is 10.3 Å². The number of nitrogens with one attached hydrogen (secondary N) is 1. The van der Waals surface area contributed by atoms with Gasteiger partial charge in [0.05, 0.1) is 0 Å². The van der Waals surface area contributed by atoms with E-state index in [1.165, 1.54) is 11.3 Å². The van der Waals surface area contributed by atoms with Gasteiger partial charge in [0.2, 0.25) is 6.79 Å². The number of thiazole rings is 1. The summed E-state index contributed by atoms with van der Waals surface area (Å²) < 4.78 is 10.7. The van der Waals surface area contributed by atoms with Crippen molar-refractivity contribution in [3.63, 3.8) is 0 Å². The molecule has 27 heavy (non-hydrogen) atoms. The van der Waals surface area contributed by atoms with Gasteiger partial charge in [-0.15, -0.1) is 11.3 Å². The highest BCUT2D eigenvalue weighted by atomic mass is 32.1. The van der Waals surface area contributed by atoms with Crippen LogP contribution >= 0.6 is 11.3 Å². The van der Waals surface area contributed by atoms with Crippen LogP contribution in [-0.2, 0) is 6.54 Å². The highest BCUT2D eigenvalue weighted by Crippen LogP contribution is 2.35. The van der Waals surface area contributed by atoms with E-state index in [0.29, 0.717) is 29.7 Å². The van der Waals surface area contributed by atoms with Crippen molar-refractivity contribution in [2.24, 2.45) is 0 Å². The van der Waals surface area contributed by atoms with Crippen LogP contribution in [0.1, 0.15) is 23.0 Å². The number of hydrogen-bond acceptors (Lipinski definition) is 6. The quantitative estimate of drug-likeness (QED) is 0.691.